The first-order valence-electron chi connectivity index (χ1n) is 4.72. The molecule has 0 aliphatic heterocycles. The number of nitrogens with two attached hydrogens (primary N) is 1. The van der Waals surface area contributed by atoms with Gasteiger partial charge in [0.05, 0.1) is 5.69 Å². The van der Waals surface area contributed by atoms with E-state index in [2.05, 4.69) is 9.97 Å². The van der Waals surface area contributed by atoms with Crippen LogP contribution in [-0.2, 0) is 0 Å². The summed E-state index contributed by atoms with van der Waals surface area (Å²) in [6, 6.07) is 1.69. The van der Waals surface area contributed by atoms with Crippen LogP contribution in [0.4, 0.5) is 8.78 Å². The molecule has 0 spiro atoms. The highest BCUT2D eigenvalue weighted by atomic mass is 19.3. The van der Waals surface area contributed by atoms with Crippen molar-refractivity contribution in [3.63, 3.8) is 0 Å². The van der Waals surface area contributed by atoms with Gasteiger partial charge in [-0.25, -0.2) is 8.78 Å². The van der Waals surface area contributed by atoms with Gasteiger partial charge in [-0.2, -0.15) is 0 Å². The number of H-pyrrole nitrogens is 1. The molecule has 2 aromatic heterocycles. The van der Waals surface area contributed by atoms with E-state index in [1.54, 1.807) is 18.3 Å². The number of hydrogen-bond acceptors (Lipinski definition) is 3. The zero-order valence-corrected chi connectivity index (χ0v) is 8.32. The van der Waals surface area contributed by atoms with Gasteiger partial charge in [-0.3, -0.25) is 4.98 Å². The van der Waals surface area contributed by atoms with Gasteiger partial charge in [-0.05, 0) is 12.1 Å². The van der Waals surface area contributed by atoms with Crippen molar-refractivity contribution in [2.75, 3.05) is 6.61 Å². The molecule has 1 atom stereocenters. The number of halogens is 2. The Morgan fingerprint density at radius 2 is 2.25 bits per heavy atom. The molecule has 1 unspecified atom stereocenters. The van der Waals surface area contributed by atoms with Crippen LogP contribution in [-0.4, -0.2) is 27.6 Å². The minimum Gasteiger partial charge on any atom is -0.390 e. The van der Waals surface area contributed by atoms with E-state index in [0.29, 0.717) is 10.9 Å². The van der Waals surface area contributed by atoms with Crippen molar-refractivity contribution in [3.05, 3.63) is 30.2 Å². The predicted molar refractivity (Wildman–Crippen MR) is 55.1 cm³/mol. The maximum absolute atomic E-state index is 13.2. The average Bonchev–Trinajstić information content (AvgIpc) is 2.75. The number of nitrogens with one attached hydrogen (secondary N) is 1. The zero-order chi connectivity index (χ0) is 11.8. The molecular formula is C10H11F2N3O. The Kier molecular flexibility index (Phi) is 2.61. The SMILES string of the molecule is NC(c1nccc2[nH]ccc12)C(F)(F)CO. The van der Waals surface area contributed by atoms with Gasteiger partial charge in [0.1, 0.15) is 12.6 Å². The van der Waals surface area contributed by atoms with Crippen molar-refractivity contribution >= 4 is 10.9 Å². The summed E-state index contributed by atoms with van der Waals surface area (Å²) in [6.07, 6.45) is 3.03. The standard InChI is InChI=1S/C10H11F2N3O/c11-10(12,5-16)9(13)8-6-1-3-14-7(6)2-4-15-8/h1-4,9,14,16H,5,13H2. The van der Waals surface area contributed by atoms with E-state index in [0.717, 1.165) is 0 Å². The summed E-state index contributed by atoms with van der Waals surface area (Å²) in [6.45, 7) is -1.29. The van der Waals surface area contributed by atoms with Gasteiger partial charge in [0.15, 0.2) is 0 Å². The molecule has 0 bridgehead atoms. The number of fused-ring (bicyclic) bond motifs is 1. The van der Waals surface area contributed by atoms with E-state index in [4.69, 9.17) is 10.8 Å². The second-order valence-electron chi connectivity index (χ2n) is 3.53. The second kappa shape index (κ2) is 3.80. The third-order valence-electron chi connectivity index (χ3n) is 2.47. The minimum atomic E-state index is -3.38. The lowest BCUT2D eigenvalue weighted by Crippen LogP contribution is -2.36. The number of hydrogen-bond donors (Lipinski definition) is 3. The first-order chi connectivity index (χ1) is 7.56. The lowest BCUT2D eigenvalue weighted by atomic mass is 10.0. The maximum atomic E-state index is 13.2. The molecule has 0 saturated carbocycles. The molecule has 0 aromatic carbocycles. The summed E-state index contributed by atoms with van der Waals surface area (Å²) in [5.41, 5.74) is 6.19. The molecule has 86 valence electrons. The maximum Gasteiger partial charge on any atom is 0.291 e. The lowest BCUT2D eigenvalue weighted by molar-refractivity contribution is -0.0717. The molecule has 4 nitrogen and oxygen atoms in total. The Balaban J connectivity index is 2.51. The van der Waals surface area contributed by atoms with Crippen molar-refractivity contribution in [2.45, 2.75) is 12.0 Å². The van der Waals surface area contributed by atoms with E-state index in [9.17, 15) is 8.78 Å². The van der Waals surface area contributed by atoms with E-state index in [1.807, 2.05) is 0 Å². The molecule has 16 heavy (non-hydrogen) atoms. The first kappa shape index (κ1) is 11.0. The molecular weight excluding hydrogens is 216 g/mol. The second-order valence-corrected chi connectivity index (χ2v) is 3.53. The van der Waals surface area contributed by atoms with Crippen molar-refractivity contribution in [2.24, 2.45) is 5.73 Å². The first-order valence-corrected chi connectivity index (χ1v) is 4.72. The van der Waals surface area contributed by atoms with Gasteiger partial charge in [0, 0.05) is 23.3 Å². The number of pyridine rings is 1. The van der Waals surface area contributed by atoms with Crippen LogP contribution < -0.4 is 5.73 Å². The van der Waals surface area contributed by atoms with E-state index in [-0.39, 0.29) is 5.69 Å². The van der Waals surface area contributed by atoms with Crippen LogP contribution in [0, 0.1) is 0 Å². The van der Waals surface area contributed by atoms with Crippen LogP contribution in [0.5, 0.6) is 0 Å². The fraction of sp³-hybridized carbons (Fsp3) is 0.300. The number of aromatic amines is 1. The van der Waals surface area contributed by atoms with Gasteiger partial charge in [-0.15, -0.1) is 0 Å². The molecule has 0 aliphatic carbocycles. The molecule has 4 N–H and O–H groups in total. The Morgan fingerprint density at radius 1 is 1.50 bits per heavy atom. The van der Waals surface area contributed by atoms with Gasteiger partial charge in [0.25, 0.3) is 5.92 Å². The van der Waals surface area contributed by atoms with Crippen molar-refractivity contribution in [1.82, 2.24) is 9.97 Å². The quantitative estimate of drug-likeness (QED) is 0.737. The number of alkyl halides is 2. The topological polar surface area (TPSA) is 74.9 Å². The Hall–Kier alpha value is -1.53. The molecule has 2 heterocycles. The number of aliphatic hydroxyl groups is 1. The summed E-state index contributed by atoms with van der Waals surface area (Å²) in [7, 11) is 0. The average molecular weight is 227 g/mol. The molecule has 0 radical (unpaired) electrons. The number of rotatable bonds is 3. The van der Waals surface area contributed by atoms with Crippen LogP contribution >= 0.6 is 0 Å². The summed E-state index contributed by atoms with van der Waals surface area (Å²) in [5.74, 6) is -3.38. The molecule has 0 aliphatic rings. The van der Waals surface area contributed by atoms with E-state index >= 15 is 0 Å². The highest BCUT2D eigenvalue weighted by Crippen LogP contribution is 2.31. The molecule has 2 rings (SSSR count). The van der Waals surface area contributed by atoms with Crippen LogP contribution in [0.3, 0.4) is 0 Å². The molecule has 0 saturated heterocycles. The fourth-order valence-electron chi connectivity index (χ4n) is 1.55. The van der Waals surface area contributed by atoms with Gasteiger partial charge < -0.3 is 15.8 Å². The highest BCUT2D eigenvalue weighted by molar-refractivity contribution is 5.81. The highest BCUT2D eigenvalue weighted by Gasteiger charge is 2.39. The summed E-state index contributed by atoms with van der Waals surface area (Å²) in [4.78, 5) is 6.74. The Morgan fingerprint density at radius 3 is 2.94 bits per heavy atom. The zero-order valence-electron chi connectivity index (χ0n) is 8.32. The smallest absolute Gasteiger partial charge is 0.291 e. The minimum absolute atomic E-state index is 0.0813. The van der Waals surface area contributed by atoms with Gasteiger partial charge >= 0.3 is 0 Å². The van der Waals surface area contributed by atoms with Crippen LogP contribution in [0.1, 0.15) is 11.7 Å². The number of aliphatic hydroxyl groups excluding tert-OH is 1. The van der Waals surface area contributed by atoms with E-state index in [1.165, 1.54) is 6.20 Å². The predicted octanol–water partition coefficient (Wildman–Crippen LogP) is 1.19. The van der Waals surface area contributed by atoms with Gasteiger partial charge in [-0.1, -0.05) is 0 Å². The van der Waals surface area contributed by atoms with Crippen LogP contribution in [0.25, 0.3) is 10.9 Å². The van der Waals surface area contributed by atoms with Crippen LogP contribution in [0.2, 0.25) is 0 Å². The molecule has 0 fully saturated rings. The molecule has 6 heteroatoms. The Labute approximate surface area is 90.1 Å². The summed E-state index contributed by atoms with van der Waals surface area (Å²) >= 11 is 0. The largest absolute Gasteiger partial charge is 0.390 e. The van der Waals surface area contributed by atoms with Crippen molar-refractivity contribution < 1.29 is 13.9 Å². The number of aromatic nitrogens is 2. The monoisotopic (exact) mass is 227 g/mol. The lowest BCUT2D eigenvalue weighted by Gasteiger charge is -2.21. The fourth-order valence-corrected chi connectivity index (χ4v) is 1.55. The van der Waals surface area contributed by atoms with Crippen molar-refractivity contribution in [1.29, 1.82) is 0 Å². The van der Waals surface area contributed by atoms with Crippen molar-refractivity contribution in [3.8, 4) is 0 Å². The van der Waals surface area contributed by atoms with E-state index < -0.39 is 18.6 Å². The molecule has 2 aromatic rings. The summed E-state index contributed by atoms with van der Waals surface area (Å²) in [5, 5.41) is 9.13. The third kappa shape index (κ3) is 1.66. The Bertz CT molecular complexity index is 498. The normalized spacial score (nSPS) is 14.2. The summed E-state index contributed by atoms with van der Waals surface area (Å²) < 4.78 is 26.5. The van der Waals surface area contributed by atoms with Gasteiger partial charge in [0.2, 0.25) is 0 Å². The third-order valence-corrected chi connectivity index (χ3v) is 2.47. The molecule has 0 amide bonds. The number of nitrogens with zero attached hydrogens (tertiary/aromatic N) is 1. The van der Waals surface area contributed by atoms with Crippen LogP contribution in [0.15, 0.2) is 24.5 Å².